The van der Waals surface area contributed by atoms with Gasteiger partial charge in [0, 0.05) is 24.1 Å². The summed E-state index contributed by atoms with van der Waals surface area (Å²) in [5.74, 6) is 0.666. The molecule has 0 bridgehead atoms. The number of carbonyl (C=O) groups is 1. The Labute approximate surface area is 93.1 Å². The lowest BCUT2D eigenvalue weighted by molar-refractivity contribution is -0.116. The number of aromatic amines is 1. The second-order valence-corrected chi connectivity index (χ2v) is 4.23. The number of pyridine rings is 1. The van der Waals surface area contributed by atoms with Gasteiger partial charge in [-0.15, -0.1) is 0 Å². The number of fused-ring (bicyclic) bond motifs is 1. The summed E-state index contributed by atoms with van der Waals surface area (Å²) in [6.45, 7) is 0. The van der Waals surface area contributed by atoms with Gasteiger partial charge < -0.3 is 10.3 Å². The maximum Gasteiger partial charge on any atom is 0.224 e. The molecule has 4 heteroatoms. The molecular weight excluding hydrogens is 202 g/mol. The number of carbonyl (C=O) groups excluding carboxylic acids is 1. The van der Waals surface area contributed by atoms with Crippen LogP contribution < -0.4 is 5.32 Å². The van der Waals surface area contributed by atoms with Crippen LogP contribution in [-0.2, 0) is 4.79 Å². The first kappa shape index (κ1) is 9.39. The second kappa shape index (κ2) is 3.63. The quantitative estimate of drug-likeness (QED) is 0.822. The van der Waals surface area contributed by atoms with Crippen LogP contribution in [0.1, 0.15) is 19.3 Å². The van der Waals surface area contributed by atoms with Gasteiger partial charge in [0.05, 0.1) is 11.9 Å². The van der Waals surface area contributed by atoms with E-state index >= 15 is 0 Å². The summed E-state index contributed by atoms with van der Waals surface area (Å²) in [7, 11) is 0. The van der Waals surface area contributed by atoms with Gasteiger partial charge in [0.15, 0.2) is 0 Å². The first-order valence-electron chi connectivity index (χ1n) is 5.46. The summed E-state index contributed by atoms with van der Waals surface area (Å²) >= 11 is 0. The maximum atomic E-state index is 11.6. The maximum absolute atomic E-state index is 11.6. The zero-order valence-electron chi connectivity index (χ0n) is 8.79. The minimum absolute atomic E-state index is 0.0652. The van der Waals surface area contributed by atoms with E-state index in [0.29, 0.717) is 18.0 Å². The average Bonchev–Trinajstić information content (AvgIpc) is 2.95. The highest BCUT2D eigenvalue weighted by atomic mass is 16.1. The number of hydrogen-bond donors (Lipinski definition) is 2. The zero-order valence-corrected chi connectivity index (χ0v) is 8.79. The van der Waals surface area contributed by atoms with Gasteiger partial charge in [0.1, 0.15) is 5.65 Å². The summed E-state index contributed by atoms with van der Waals surface area (Å²) in [5.41, 5.74) is 1.44. The molecule has 3 rings (SSSR count). The molecule has 0 unspecified atom stereocenters. The normalized spacial score (nSPS) is 15.2. The van der Waals surface area contributed by atoms with E-state index < -0.39 is 0 Å². The van der Waals surface area contributed by atoms with E-state index in [2.05, 4.69) is 21.4 Å². The fourth-order valence-electron chi connectivity index (χ4n) is 1.72. The van der Waals surface area contributed by atoms with Crippen LogP contribution in [0.25, 0.3) is 11.0 Å². The van der Waals surface area contributed by atoms with Gasteiger partial charge in [0.25, 0.3) is 0 Å². The highest BCUT2D eigenvalue weighted by Crippen LogP contribution is 2.32. The molecule has 1 aliphatic carbocycles. The number of nitrogens with one attached hydrogen (secondary N) is 2. The van der Waals surface area contributed by atoms with Crippen LogP contribution in [0.2, 0.25) is 0 Å². The molecule has 4 nitrogen and oxygen atoms in total. The Morgan fingerprint density at radius 2 is 2.50 bits per heavy atom. The van der Waals surface area contributed by atoms with Gasteiger partial charge in [-0.3, -0.25) is 4.79 Å². The Hall–Kier alpha value is -1.84. The highest BCUT2D eigenvalue weighted by molar-refractivity contribution is 5.92. The van der Waals surface area contributed by atoms with Crippen LogP contribution in [0.4, 0.5) is 5.69 Å². The van der Waals surface area contributed by atoms with E-state index in [-0.39, 0.29) is 5.91 Å². The fourth-order valence-corrected chi connectivity index (χ4v) is 1.72. The molecule has 81 valence electrons. The lowest BCUT2D eigenvalue weighted by Crippen LogP contribution is -2.12. The van der Waals surface area contributed by atoms with Gasteiger partial charge in [-0.25, -0.2) is 4.98 Å². The third-order valence-corrected chi connectivity index (χ3v) is 2.76. The lowest BCUT2D eigenvalue weighted by Gasteiger charge is -2.03. The highest BCUT2D eigenvalue weighted by Gasteiger charge is 2.24. The van der Waals surface area contributed by atoms with E-state index in [1.807, 2.05) is 12.3 Å². The molecule has 0 spiro atoms. The number of anilines is 1. The SMILES string of the molecule is O=C(CC1CC1)Nc1[c]c2cc[nH]c2nc1. The zero-order chi connectivity index (χ0) is 11.0. The predicted molar refractivity (Wildman–Crippen MR) is 60.9 cm³/mol. The van der Waals surface area contributed by atoms with E-state index in [1.54, 1.807) is 6.20 Å². The van der Waals surface area contributed by atoms with E-state index in [4.69, 9.17) is 0 Å². The van der Waals surface area contributed by atoms with Crippen molar-refractivity contribution in [2.45, 2.75) is 19.3 Å². The third-order valence-electron chi connectivity index (χ3n) is 2.76. The van der Waals surface area contributed by atoms with Crippen LogP contribution in [0, 0.1) is 12.0 Å². The smallest absolute Gasteiger partial charge is 0.224 e. The molecule has 1 aliphatic rings. The molecule has 1 fully saturated rings. The molecule has 2 aromatic heterocycles. The number of hydrogen-bond acceptors (Lipinski definition) is 2. The molecule has 16 heavy (non-hydrogen) atoms. The monoisotopic (exact) mass is 214 g/mol. The van der Waals surface area contributed by atoms with Crippen molar-refractivity contribution in [3.05, 3.63) is 24.5 Å². The van der Waals surface area contributed by atoms with Gasteiger partial charge in [0.2, 0.25) is 5.91 Å². The van der Waals surface area contributed by atoms with E-state index in [9.17, 15) is 4.79 Å². The molecule has 0 aromatic carbocycles. The predicted octanol–water partition coefficient (Wildman–Crippen LogP) is 2.10. The van der Waals surface area contributed by atoms with Crippen molar-refractivity contribution in [1.29, 1.82) is 0 Å². The Morgan fingerprint density at radius 3 is 3.31 bits per heavy atom. The molecular formula is C12H12N3O. The Bertz CT molecular complexity index is 528. The molecule has 0 atom stereocenters. The number of H-pyrrole nitrogens is 1. The minimum Gasteiger partial charge on any atom is -0.346 e. The van der Waals surface area contributed by atoms with Crippen LogP contribution in [0.3, 0.4) is 0 Å². The van der Waals surface area contributed by atoms with Crippen LogP contribution >= 0.6 is 0 Å². The topological polar surface area (TPSA) is 57.8 Å². The van der Waals surface area contributed by atoms with Crippen LogP contribution in [-0.4, -0.2) is 15.9 Å². The second-order valence-electron chi connectivity index (χ2n) is 4.23. The van der Waals surface area contributed by atoms with E-state index in [1.165, 1.54) is 12.8 Å². The summed E-state index contributed by atoms with van der Waals surface area (Å²) in [6, 6.07) is 4.99. The minimum atomic E-state index is 0.0652. The van der Waals surface area contributed by atoms with Crippen molar-refractivity contribution < 1.29 is 4.79 Å². The largest absolute Gasteiger partial charge is 0.346 e. The van der Waals surface area contributed by atoms with E-state index in [0.717, 1.165) is 11.0 Å². The van der Waals surface area contributed by atoms with Gasteiger partial charge in [-0.2, -0.15) is 0 Å². The molecule has 1 amide bonds. The first-order valence-corrected chi connectivity index (χ1v) is 5.46. The van der Waals surface area contributed by atoms with Crippen molar-refractivity contribution in [2.75, 3.05) is 5.32 Å². The molecule has 1 radical (unpaired) electrons. The third kappa shape index (κ3) is 1.91. The molecule has 2 heterocycles. The molecule has 1 saturated carbocycles. The number of aromatic nitrogens is 2. The summed E-state index contributed by atoms with van der Waals surface area (Å²) in [6.07, 6.45) is 6.44. The van der Waals surface area contributed by atoms with Crippen molar-refractivity contribution in [3.8, 4) is 0 Å². The number of nitrogens with zero attached hydrogens (tertiary/aromatic N) is 1. The Kier molecular flexibility index (Phi) is 2.13. The Balaban J connectivity index is 1.74. The summed E-state index contributed by atoms with van der Waals surface area (Å²) in [5, 5.41) is 3.72. The van der Waals surface area contributed by atoms with Gasteiger partial charge >= 0.3 is 0 Å². The van der Waals surface area contributed by atoms with Crippen LogP contribution in [0.5, 0.6) is 0 Å². The fraction of sp³-hybridized carbons (Fsp3) is 0.333. The van der Waals surface area contributed by atoms with Crippen molar-refractivity contribution >= 4 is 22.6 Å². The standard InChI is InChI=1S/C12H12N3O/c16-11(5-8-1-2-8)15-10-6-9-3-4-13-12(9)14-7-10/h3-4,7-8H,1-2,5H2,(H,13,14)(H,15,16). The number of amides is 1. The summed E-state index contributed by atoms with van der Waals surface area (Å²) < 4.78 is 0. The van der Waals surface area contributed by atoms with Crippen molar-refractivity contribution in [2.24, 2.45) is 5.92 Å². The molecule has 2 N–H and O–H groups in total. The Morgan fingerprint density at radius 1 is 1.62 bits per heavy atom. The van der Waals surface area contributed by atoms with Crippen molar-refractivity contribution in [1.82, 2.24) is 9.97 Å². The average molecular weight is 214 g/mol. The number of rotatable bonds is 3. The first-order chi connectivity index (χ1) is 7.81. The van der Waals surface area contributed by atoms with Gasteiger partial charge in [-0.1, -0.05) is 0 Å². The van der Waals surface area contributed by atoms with Crippen molar-refractivity contribution in [3.63, 3.8) is 0 Å². The van der Waals surface area contributed by atoms with Gasteiger partial charge in [-0.05, 0) is 24.8 Å². The molecule has 0 aliphatic heterocycles. The van der Waals surface area contributed by atoms with Crippen LogP contribution in [0.15, 0.2) is 18.5 Å². The molecule has 0 saturated heterocycles. The summed E-state index contributed by atoms with van der Waals surface area (Å²) in [4.78, 5) is 18.7. The molecule has 2 aromatic rings. The lowest BCUT2D eigenvalue weighted by atomic mass is 10.2.